The van der Waals surface area contributed by atoms with Gasteiger partial charge in [-0.05, 0) is 34.5 Å². The first-order valence-corrected chi connectivity index (χ1v) is 7.71. The summed E-state index contributed by atoms with van der Waals surface area (Å²) in [4.78, 5) is 24.9. The molecule has 1 amide bonds. The third kappa shape index (κ3) is 2.97. The first-order chi connectivity index (χ1) is 9.43. The summed E-state index contributed by atoms with van der Waals surface area (Å²) >= 11 is 9.35. The van der Waals surface area contributed by atoms with Crippen LogP contribution in [0.25, 0.3) is 6.08 Å². The number of carboxylic acid groups (broad SMARTS) is 1. The van der Waals surface area contributed by atoms with Gasteiger partial charge in [0.15, 0.2) is 4.67 Å². The molecule has 0 saturated carbocycles. The van der Waals surface area contributed by atoms with E-state index >= 15 is 0 Å². The van der Waals surface area contributed by atoms with Crippen molar-refractivity contribution in [2.45, 2.75) is 19.4 Å². The maximum atomic E-state index is 12.3. The van der Waals surface area contributed by atoms with Gasteiger partial charge >= 0.3 is 5.97 Å². The third-order valence-corrected chi connectivity index (χ3v) is 4.43. The SMILES string of the molecule is CC[C@@H](C(=O)O)N1C(=O)/C(=C\c2ccc(Br)o2)SC1=S. The Kier molecular flexibility index (Phi) is 4.66. The van der Waals surface area contributed by atoms with Gasteiger partial charge in [-0.25, -0.2) is 4.79 Å². The Labute approximate surface area is 133 Å². The highest BCUT2D eigenvalue weighted by Gasteiger charge is 2.39. The number of hydrogen-bond acceptors (Lipinski definition) is 5. The standard InChI is InChI=1S/C12H10BrNO4S2/c1-2-7(11(16)17)14-10(15)8(20-12(14)19)5-6-3-4-9(13)18-6/h3-5,7H,2H2,1H3,(H,16,17)/b8-5+/t7-/m0/s1. The number of furan rings is 1. The van der Waals surface area contributed by atoms with Crippen LogP contribution in [0.5, 0.6) is 0 Å². The van der Waals surface area contributed by atoms with Crippen molar-refractivity contribution in [3.8, 4) is 0 Å². The van der Waals surface area contributed by atoms with Crippen LogP contribution in [-0.2, 0) is 9.59 Å². The fraction of sp³-hybridized carbons (Fsp3) is 0.250. The smallest absolute Gasteiger partial charge is 0.326 e. The summed E-state index contributed by atoms with van der Waals surface area (Å²) in [5, 5.41) is 9.14. The van der Waals surface area contributed by atoms with Gasteiger partial charge in [0.1, 0.15) is 16.1 Å². The minimum absolute atomic E-state index is 0.251. The van der Waals surface area contributed by atoms with Crippen LogP contribution >= 0.6 is 39.9 Å². The summed E-state index contributed by atoms with van der Waals surface area (Å²) in [6, 6.07) is 2.47. The molecule has 1 saturated heterocycles. The highest BCUT2D eigenvalue weighted by molar-refractivity contribution is 9.10. The lowest BCUT2D eigenvalue weighted by Crippen LogP contribution is -2.43. The largest absolute Gasteiger partial charge is 0.480 e. The fourth-order valence-electron chi connectivity index (χ4n) is 1.75. The molecule has 0 aromatic carbocycles. The molecule has 106 valence electrons. The average Bonchev–Trinajstić information content (AvgIpc) is 2.89. The van der Waals surface area contributed by atoms with E-state index in [0.29, 0.717) is 21.8 Å². The van der Waals surface area contributed by atoms with E-state index in [9.17, 15) is 9.59 Å². The molecule has 8 heteroatoms. The second kappa shape index (κ2) is 6.11. The van der Waals surface area contributed by atoms with Crippen molar-refractivity contribution >= 4 is 62.2 Å². The first-order valence-electron chi connectivity index (χ1n) is 5.69. The van der Waals surface area contributed by atoms with E-state index in [2.05, 4.69) is 15.9 Å². The molecule has 1 fully saturated rings. The van der Waals surface area contributed by atoms with Crippen LogP contribution in [0.1, 0.15) is 19.1 Å². The number of thioether (sulfide) groups is 1. The van der Waals surface area contributed by atoms with E-state index < -0.39 is 17.9 Å². The van der Waals surface area contributed by atoms with E-state index in [4.69, 9.17) is 21.7 Å². The number of rotatable bonds is 4. The van der Waals surface area contributed by atoms with Crippen LogP contribution in [0.15, 0.2) is 26.1 Å². The van der Waals surface area contributed by atoms with Crippen LogP contribution < -0.4 is 0 Å². The Morgan fingerprint density at radius 1 is 1.65 bits per heavy atom. The topological polar surface area (TPSA) is 70.8 Å². The van der Waals surface area contributed by atoms with Crippen molar-refractivity contribution in [1.82, 2.24) is 4.90 Å². The minimum atomic E-state index is -1.06. The van der Waals surface area contributed by atoms with E-state index in [1.54, 1.807) is 25.1 Å². The molecular formula is C12H10BrNO4S2. The van der Waals surface area contributed by atoms with E-state index in [1.165, 1.54) is 0 Å². The van der Waals surface area contributed by atoms with Crippen molar-refractivity contribution in [2.24, 2.45) is 0 Å². The second-order valence-electron chi connectivity index (χ2n) is 3.96. The molecule has 1 aliphatic rings. The molecule has 1 aromatic rings. The molecule has 2 rings (SSSR count). The monoisotopic (exact) mass is 375 g/mol. The van der Waals surface area contributed by atoms with E-state index in [0.717, 1.165) is 16.7 Å². The van der Waals surface area contributed by atoms with Crippen LogP contribution in [0.3, 0.4) is 0 Å². The number of aliphatic carboxylic acids is 1. The van der Waals surface area contributed by atoms with Crippen LogP contribution in [0.2, 0.25) is 0 Å². The summed E-state index contributed by atoms with van der Waals surface area (Å²) < 4.78 is 6.10. The second-order valence-corrected chi connectivity index (χ2v) is 6.41. The van der Waals surface area contributed by atoms with Crippen LogP contribution in [0.4, 0.5) is 0 Å². The summed E-state index contributed by atoms with van der Waals surface area (Å²) in [6.07, 6.45) is 1.85. The van der Waals surface area contributed by atoms with E-state index in [-0.39, 0.29) is 4.32 Å². The zero-order chi connectivity index (χ0) is 14.9. The number of carbonyl (C=O) groups excluding carboxylic acids is 1. The Hall–Kier alpha value is -1.12. The Morgan fingerprint density at radius 2 is 2.35 bits per heavy atom. The molecule has 1 atom stereocenters. The van der Waals surface area contributed by atoms with Gasteiger partial charge in [-0.15, -0.1) is 0 Å². The molecular weight excluding hydrogens is 366 g/mol. The maximum Gasteiger partial charge on any atom is 0.326 e. The molecule has 2 heterocycles. The Balaban J connectivity index is 2.29. The molecule has 0 unspecified atom stereocenters. The predicted octanol–water partition coefficient (Wildman–Crippen LogP) is 3.11. The summed E-state index contributed by atoms with van der Waals surface area (Å²) in [5.74, 6) is -0.965. The molecule has 0 bridgehead atoms. The van der Waals surface area contributed by atoms with Crippen molar-refractivity contribution in [2.75, 3.05) is 0 Å². The summed E-state index contributed by atoms with van der Waals surface area (Å²) in [5.41, 5.74) is 0. The zero-order valence-electron chi connectivity index (χ0n) is 10.3. The third-order valence-electron chi connectivity index (χ3n) is 2.67. The molecule has 0 radical (unpaired) electrons. The van der Waals surface area contributed by atoms with Gasteiger partial charge in [0.25, 0.3) is 5.91 Å². The van der Waals surface area contributed by atoms with Gasteiger partial charge in [0.2, 0.25) is 0 Å². The Bertz CT molecular complexity index is 610. The normalized spacial score (nSPS) is 18.9. The lowest BCUT2D eigenvalue weighted by molar-refractivity contribution is -0.145. The van der Waals surface area contributed by atoms with Crippen LogP contribution in [-0.4, -0.2) is 32.2 Å². The molecule has 1 aliphatic heterocycles. The maximum absolute atomic E-state index is 12.3. The van der Waals surface area contributed by atoms with Gasteiger partial charge in [0, 0.05) is 6.08 Å². The number of carbonyl (C=O) groups is 2. The number of halogens is 1. The quantitative estimate of drug-likeness (QED) is 0.643. The van der Waals surface area contributed by atoms with Crippen molar-refractivity contribution < 1.29 is 19.1 Å². The minimum Gasteiger partial charge on any atom is -0.480 e. The lowest BCUT2D eigenvalue weighted by atomic mass is 10.2. The predicted molar refractivity (Wildman–Crippen MR) is 83.1 cm³/mol. The molecule has 1 aromatic heterocycles. The zero-order valence-corrected chi connectivity index (χ0v) is 13.5. The van der Waals surface area contributed by atoms with Crippen molar-refractivity contribution in [3.05, 3.63) is 27.5 Å². The summed E-state index contributed by atoms with van der Waals surface area (Å²) in [6.45, 7) is 1.70. The molecule has 0 spiro atoms. The first kappa shape index (κ1) is 15.3. The molecule has 20 heavy (non-hydrogen) atoms. The number of carboxylic acids is 1. The molecule has 1 N–H and O–H groups in total. The molecule has 0 aliphatic carbocycles. The number of thiocarbonyl (C=S) groups is 1. The molecule has 5 nitrogen and oxygen atoms in total. The lowest BCUT2D eigenvalue weighted by Gasteiger charge is -2.21. The number of amides is 1. The van der Waals surface area contributed by atoms with Crippen molar-refractivity contribution in [1.29, 1.82) is 0 Å². The van der Waals surface area contributed by atoms with Crippen molar-refractivity contribution in [3.63, 3.8) is 0 Å². The fourth-order valence-corrected chi connectivity index (χ4v) is 3.41. The summed E-state index contributed by atoms with van der Waals surface area (Å²) in [7, 11) is 0. The van der Waals surface area contributed by atoms with Crippen LogP contribution in [0, 0.1) is 0 Å². The van der Waals surface area contributed by atoms with Gasteiger partial charge in [-0.1, -0.05) is 30.9 Å². The van der Waals surface area contributed by atoms with Gasteiger partial charge in [-0.3, -0.25) is 9.69 Å². The number of hydrogen-bond donors (Lipinski definition) is 1. The average molecular weight is 376 g/mol. The van der Waals surface area contributed by atoms with Gasteiger partial charge in [-0.2, -0.15) is 0 Å². The number of nitrogens with zero attached hydrogens (tertiary/aromatic N) is 1. The Morgan fingerprint density at radius 3 is 2.85 bits per heavy atom. The van der Waals surface area contributed by atoms with E-state index in [1.807, 2.05) is 0 Å². The van der Waals surface area contributed by atoms with Gasteiger partial charge < -0.3 is 9.52 Å². The van der Waals surface area contributed by atoms with Gasteiger partial charge in [0.05, 0.1) is 4.91 Å². The highest BCUT2D eigenvalue weighted by Crippen LogP contribution is 2.35. The highest BCUT2D eigenvalue weighted by atomic mass is 79.9.